The van der Waals surface area contributed by atoms with Gasteiger partial charge in [0.1, 0.15) is 5.75 Å². The molecule has 1 fully saturated rings. The zero-order chi connectivity index (χ0) is 20.9. The number of aryl methyl sites for hydroxylation is 2. The maximum absolute atomic E-state index is 12.5. The molecule has 4 rings (SSSR count). The van der Waals surface area contributed by atoms with Crippen molar-refractivity contribution in [2.45, 2.75) is 39.3 Å². The molecule has 0 aliphatic carbocycles. The van der Waals surface area contributed by atoms with E-state index in [1.165, 1.54) is 11.1 Å². The molecule has 2 heterocycles. The largest absolute Gasteiger partial charge is 0.484 e. The number of nitrogens with one attached hydrogen (secondary N) is 1. The van der Waals surface area contributed by atoms with Crippen LogP contribution in [0.15, 0.2) is 53.1 Å². The van der Waals surface area contributed by atoms with Gasteiger partial charge in [0.15, 0.2) is 12.4 Å². The maximum atomic E-state index is 12.5. The van der Waals surface area contributed by atoms with E-state index in [0.717, 1.165) is 17.7 Å². The molecule has 1 aliphatic heterocycles. The summed E-state index contributed by atoms with van der Waals surface area (Å²) in [5.74, 6) is 1.91. The quantitative estimate of drug-likeness (QED) is 0.670. The fourth-order valence-electron chi connectivity index (χ4n) is 3.42. The standard InChI is InChI=1S/C23H26N4O3/c1-16-3-7-18(8-4-16)13-24-23(28)27-12-11-19(14-27)22-25-21(30-26-22)15-29-20-9-5-17(2)6-10-20/h3-10,19H,11-15H2,1-2H3,(H,24,28). The molecule has 2 amide bonds. The van der Waals surface area contributed by atoms with Crippen LogP contribution in [0.3, 0.4) is 0 Å². The number of hydrogen-bond acceptors (Lipinski definition) is 5. The van der Waals surface area contributed by atoms with Crippen molar-refractivity contribution in [3.63, 3.8) is 0 Å². The van der Waals surface area contributed by atoms with Crippen LogP contribution >= 0.6 is 0 Å². The van der Waals surface area contributed by atoms with Gasteiger partial charge < -0.3 is 19.5 Å². The number of urea groups is 1. The monoisotopic (exact) mass is 406 g/mol. The second-order valence-electron chi connectivity index (χ2n) is 7.72. The molecule has 30 heavy (non-hydrogen) atoms. The van der Waals surface area contributed by atoms with E-state index in [-0.39, 0.29) is 18.6 Å². The number of rotatable bonds is 6. The van der Waals surface area contributed by atoms with Crippen LogP contribution in [0, 0.1) is 13.8 Å². The van der Waals surface area contributed by atoms with E-state index in [1.54, 1.807) is 4.90 Å². The normalized spacial score (nSPS) is 15.9. The lowest BCUT2D eigenvalue weighted by Crippen LogP contribution is -2.38. The molecular weight excluding hydrogens is 380 g/mol. The minimum absolute atomic E-state index is 0.0653. The summed E-state index contributed by atoms with van der Waals surface area (Å²) >= 11 is 0. The molecule has 1 aliphatic rings. The third-order valence-electron chi connectivity index (χ3n) is 5.27. The number of nitrogens with zero attached hydrogens (tertiary/aromatic N) is 3. The molecule has 0 bridgehead atoms. The van der Waals surface area contributed by atoms with Crippen molar-refractivity contribution in [2.75, 3.05) is 13.1 Å². The van der Waals surface area contributed by atoms with Crippen molar-refractivity contribution in [3.8, 4) is 5.75 Å². The maximum Gasteiger partial charge on any atom is 0.317 e. The first-order valence-corrected chi connectivity index (χ1v) is 10.2. The first-order chi connectivity index (χ1) is 14.6. The smallest absolute Gasteiger partial charge is 0.317 e. The van der Waals surface area contributed by atoms with Gasteiger partial charge in [-0.25, -0.2) is 4.79 Å². The van der Waals surface area contributed by atoms with Gasteiger partial charge in [0.2, 0.25) is 0 Å². The van der Waals surface area contributed by atoms with Crippen LogP contribution in [-0.4, -0.2) is 34.2 Å². The van der Waals surface area contributed by atoms with Gasteiger partial charge >= 0.3 is 6.03 Å². The van der Waals surface area contributed by atoms with E-state index in [4.69, 9.17) is 9.26 Å². The highest BCUT2D eigenvalue weighted by molar-refractivity contribution is 5.74. The van der Waals surface area contributed by atoms with Gasteiger partial charge in [-0.05, 0) is 38.0 Å². The van der Waals surface area contributed by atoms with Crippen LogP contribution in [0.1, 0.15) is 40.7 Å². The molecule has 0 saturated carbocycles. The van der Waals surface area contributed by atoms with Crippen LogP contribution in [0.2, 0.25) is 0 Å². The molecule has 2 aromatic carbocycles. The number of hydrogen-bond donors (Lipinski definition) is 1. The topological polar surface area (TPSA) is 80.5 Å². The van der Waals surface area contributed by atoms with Crippen molar-refractivity contribution < 1.29 is 14.1 Å². The van der Waals surface area contributed by atoms with Gasteiger partial charge in [-0.1, -0.05) is 52.7 Å². The summed E-state index contributed by atoms with van der Waals surface area (Å²) in [6.45, 7) is 6.07. The number of carbonyl (C=O) groups excluding carboxylic acids is 1. The summed E-state index contributed by atoms with van der Waals surface area (Å²) in [4.78, 5) is 18.7. The van der Waals surface area contributed by atoms with Crippen molar-refractivity contribution in [3.05, 3.63) is 76.9 Å². The van der Waals surface area contributed by atoms with Crippen LogP contribution in [-0.2, 0) is 13.2 Å². The molecule has 1 unspecified atom stereocenters. The molecule has 1 aromatic heterocycles. The fraction of sp³-hybridized carbons (Fsp3) is 0.348. The van der Waals surface area contributed by atoms with Crippen LogP contribution in [0.25, 0.3) is 0 Å². The highest BCUT2D eigenvalue weighted by Gasteiger charge is 2.30. The minimum Gasteiger partial charge on any atom is -0.484 e. The number of amides is 2. The number of ether oxygens (including phenoxy) is 1. The first kappa shape index (κ1) is 19.9. The third kappa shape index (κ3) is 4.97. The van der Waals surface area contributed by atoms with Gasteiger partial charge in [-0.3, -0.25) is 0 Å². The Kier molecular flexibility index (Phi) is 5.97. The Balaban J connectivity index is 1.26. The molecule has 156 valence electrons. The number of carbonyl (C=O) groups is 1. The SMILES string of the molecule is Cc1ccc(CNC(=O)N2CCC(c3noc(COc4ccc(C)cc4)n3)C2)cc1. The van der Waals surface area contributed by atoms with Gasteiger partial charge in [0, 0.05) is 25.6 Å². The van der Waals surface area contributed by atoms with Gasteiger partial charge in [0.25, 0.3) is 5.89 Å². The lowest BCUT2D eigenvalue weighted by Gasteiger charge is -2.17. The van der Waals surface area contributed by atoms with Crippen LogP contribution < -0.4 is 10.1 Å². The van der Waals surface area contributed by atoms with E-state index in [0.29, 0.717) is 31.3 Å². The van der Waals surface area contributed by atoms with Crippen molar-refractivity contribution in [1.82, 2.24) is 20.4 Å². The average Bonchev–Trinajstić information content (AvgIpc) is 3.42. The van der Waals surface area contributed by atoms with E-state index >= 15 is 0 Å². The van der Waals surface area contributed by atoms with Crippen molar-refractivity contribution in [2.24, 2.45) is 0 Å². The zero-order valence-corrected chi connectivity index (χ0v) is 17.3. The molecule has 1 N–H and O–H groups in total. The lowest BCUT2D eigenvalue weighted by molar-refractivity contribution is 0.207. The number of likely N-dealkylation sites (tertiary alicyclic amines) is 1. The molecule has 1 atom stereocenters. The Morgan fingerprint density at radius 1 is 1.13 bits per heavy atom. The summed E-state index contributed by atoms with van der Waals surface area (Å²) in [5.41, 5.74) is 3.47. The second kappa shape index (κ2) is 8.98. The molecule has 0 radical (unpaired) electrons. The van der Waals surface area contributed by atoms with Crippen molar-refractivity contribution in [1.29, 1.82) is 0 Å². The Bertz CT molecular complexity index is 982. The summed E-state index contributed by atoms with van der Waals surface area (Å²) in [5, 5.41) is 7.08. The second-order valence-corrected chi connectivity index (χ2v) is 7.72. The zero-order valence-electron chi connectivity index (χ0n) is 17.3. The van der Waals surface area contributed by atoms with E-state index in [2.05, 4.69) is 15.5 Å². The van der Waals surface area contributed by atoms with E-state index in [9.17, 15) is 4.79 Å². The lowest BCUT2D eigenvalue weighted by atomic mass is 10.1. The van der Waals surface area contributed by atoms with Crippen LogP contribution in [0.4, 0.5) is 4.79 Å². The summed E-state index contributed by atoms with van der Waals surface area (Å²) < 4.78 is 11.0. The van der Waals surface area contributed by atoms with Crippen LogP contribution in [0.5, 0.6) is 5.75 Å². The summed E-state index contributed by atoms with van der Waals surface area (Å²) in [6, 6.07) is 15.9. The Hall–Kier alpha value is -3.35. The van der Waals surface area contributed by atoms with Crippen molar-refractivity contribution >= 4 is 6.03 Å². The third-order valence-corrected chi connectivity index (χ3v) is 5.27. The highest BCUT2D eigenvalue weighted by atomic mass is 16.5. The van der Waals surface area contributed by atoms with E-state index in [1.807, 2.05) is 62.4 Å². The Labute approximate surface area is 176 Å². The Morgan fingerprint density at radius 2 is 1.83 bits per heavy atom. The van der Waals surface area contributed by atoms with E-state index < -0.39 is 0 Å². The average molecular weight is 406 g/mol. The molecule has 1 saturated heterocycles. The Morgan fingerprint density at radius 3 is 2.57 bits per heavy atom. The first-order valence-electron chi connectivity index (χ1n) is 10.2. The summed E-state index contributed by atoms with van der Waals surface area (Å²) in [7, 11) is 0. The molecular formula is C23H26N4O3. The molecule has 7 heteroatoms. The summed E-state index contributed by atoms with van der Waals surface area (Å²) in [6.07, 6.45) is 0.815. The molecule has 0 spiro atoms. The fourth-order valence-corrected chi connectivity index (χ4v) is 3.42. The number of aromatic nitrogens is 2. The van der Waals surface area contributed by atoms with Gasteiger partial charge in [-0.2, -0.15) is 4.98 Å². The predicted octanol–water partition coefficient (Wildman–Crippen LogP) is 3.96. The predicted molar refractivity (Wildman–Crippen MR) is 112 cm³/mol. The highest BCUT2D eigenvalue weighted by Crippen LogP contribution is 2.25. The molecule has 3 aromatic rings. The number of benzene rings is 2. The minimum atomic E-state index is -0.0653. The van der Waals surface area contributed by atoms with Gasteiger partial charge in [-0.15, -0.1) is 0 Å². The van der Waals surface area contributed by atoms with Gasteiger partial charge in [0.05, 0.1) is 0 Å². The molecule has 7 nitrogen and oxygen atoms in total.